The number of alkyl halides is 3. The molecule has 0 fully saturated rings. The molecule has 26 heavy (non-hydrogen) atoms. The predicted octanol–water partition coefficient (Wildman–Crippen LogP) is 4.53. The van der Waals surface area contributed by atoms with E-state index in [1.807, 2.05) is 0 Å². The number of ether oxygens (including phenoxy) is 2. The molecule has 1 aliphatic rings. The summed E-state index contributed by atoms with van der Waals surface area (Å²) in [5.74, 6) is 0.794. The highest BCUT2D eigenvalue weighted by Gasteiger charge is 2.31. The highest BCUT2D eigenvalue weighted by Crippen LogP contribution is 2.35. The zero-order valence-corrected chi connectivity index (χ0v) is 14.1. The van der Waals surface area contributed by atoms with Gasteiger partial charge in [-0.15, -0.1) is 0 Å². The molecule has 2 aromatic rings. The molecule has 1 aliphatic heterocycles. The average Bonchev–Trinajstić information content (AvgIpc) is 3.03. The molecule has 0 unspecified atom stereocenters. The smallest absolute Gasteiger partial charge is 0.416 e. The molecule has 9 heteroatoms. The largest absolute Gasteiger partial charge is 0.454 e. The molecule has 5 nitrogen and oxygen atoms in total. The number of carbonyl (C=O) groups is 1. The number of nitrogens with one attached hydrogen (secondary N) is 2. The second-order valence-corrected chi connectivity index (χ2v) is 5.89. The monoisotopic (exact) mass is 386 g/mol. The fourth-order valence-corrected chi connectivity index (χ4v) is 2.50. The van der Waals surface area contributed by atoms with Crippen LogP contribution in [0.25, 0.3) is 0 Å². The van der Waals surface area contributed by atoms with E-state index >= 15 is 0 Å². The Hall–Kier alpha value is -2.61. The summed E-state index contributed by atoms with van der Waals surface area (Å²) < 4.78 is 48.7. The second-order valence-electron chi connectivity index (χ2n) is 5.49. The van der Waals surface area contributed by atoms with E-state index in [-0.39, 0.29) is 30.5 Å². The highest BCUT2D eigenvalue weighted by atomic mass is 35.5. The summed E-state index contributed by atoms with van der Waals surface area (Å²) in [6, 6.07) is 8.03. The first kappa shape index (κ1) is 18.2. The third kappa shape index (κ3) is 4.32. The Morgan fingerprint density at radius 1 is 1.12 bits per heavy atom. The number of anilines is 2. The first-order valence-corrected chi connectivity index (χ1v) is 8.01. The third-order valence-corrected chi connectivity index (χ3v) is 3.95. The Morgan fingerprint density at radius 3 is 2.65 bits per heavy atom. The van der Waals surface area contributed by atoms with Crippen LogP contribution >= 0.6 is 11.6 Å². The Kier molecular flexibility index (Phi) is 5.13. The molecular formula is C17H14ClF3N2O3. The summed E-state index contributed by atoms with van der Waals surface area (Å²) in [4.78, 5) is 12.0. The van der Waals surface area contributed by atoms with Crippen LogP contribution in [0, 0.1) is 0 Å². The Labute approximate surface area is 152 Å². The molecule has 3 rings (SSSR count). The van der Waals surface area contributed by atoms with Gasteiger partial charge in [-0.3, -0.25) is 4.79 Å². The van der Waals surface area contributed by atoms with Crippen LogP contribution in [0.15, 0.2) is 36.4 Å². The van der Waals surface area contributed by atoms with Gasteiger partial charge in [-0.05, 0) is 30.3 Å². The van der Waals surface area contributed by atoms with Crippen LogP contribution in [-0.4, -0.2) is 19.2 Å². The number of hydrogen-bond donors (Lipinski definition) is 2. The number of halogens is 4. The van der Waals surface area contributed by atoms with Crippen molar-refractivity contribution in [1.82, 2.24) is 0 Å². The summed E-state index contributed by atoms with van der Waals surface area (Å²) in [7, 11) is 0. The standard InChI is InChI=1S/C17H14ClF3N2O3/c18-12-3-1-10(17(19,20)21)7-13(12)23-16(24)5-6-22-11-2-4-14-15(8-11)26-9-25-14/h1-4,7-8,22H,5-6,9H2,(H,23,24). The molecule has 138 valence electrons. The quantitative estimate of drug-likeness (QED) is 0.792. The molecule has 0 aromatic heterocycles. The van der Waals surface area contributed by atoms with Gasteiger partial charge in [0.2, 0.25) is 12.7 Å². The van der Waals surface area contributed by atoms with Gasteiger partial charge in [0.05, 0.1) is 16.3 Å². The number of fused-ring (bicyclic) bond motifs is 1. The Balaban J connectivity index is 1.54. The van der Waals surface area contributed by atoms with Crippen LogP contribution in [0.5, 0.6) is 11.5 Å². The zero-order chi connectivity index (χ0) is 18.7. The second kappa shape index (κ2) is 7.33. The van der Waals surface area contributed by atoms with Gasteiger partial charge >= 0.3 is 6.18 Å². The van der Waals surface area contributed by atoms with Crippen molar-refractivity contribution in [2.45, 2.75) is 12.6 Å². The molecule has 0 radical (unpaired) electrons. The molecule has 1 amide bonds. The molecular weight excluding hydrogens is 373 g/mol. The lowest BCUT2D eigenvalue weighted by atomic mass is 10.2. The van der Waals surface area contributed by atoms with Gasteiger partial charge in [0, 0.05) is 24.7 Å². The van der Waals surface area contributed by atoms with Crippen molar-refractivity contribution in [2.75, 3.05) is 24.0 Å². The van der Waals surface area contributed by atoms with Crippen LogP contribution in [-0.2, 0) is 11.0 Å². The summed E-state index contributed by atoms with van der Waals surface area (Å²) in [5, 5.41) is 5.46. The average molecular weight is 387 g/mol. The first-order valence-electron chi connectivity index (χ1n) is 7.63. The molecule has 0 bridgehead atoms. The Bertz CT molecular complexity index is 827. The van der Waals surface area contributed by atoms with Crippen LogP contribution in [0.1, 0.15) is 12.0 Å². The molecule has 2 aromatic carbocycles. The maximum absolute atomic E-state index is 12.7. The summed E-state index contributed by atoms with van der Waals surface area (Å²) in [5.41, 5.74) is -0.218. The molecule has 0 saturated heterocycles. The van der Waals surface area contributed by atoms with Crippen molar-refractivity contribution >= 4 is 28.9 Å². The summed E-state index contributed by atoms with van der Waals surface area (Å²) in [6.45, 7) is 0.445. The predicted molar refractivity (Wildman–Crippen MR) is 90.8 cm³/mol. The summed E-state index contributed by atoms with van der Waals surface area (Å²) >= 11 is 5.85. The third-order valence-electron chi connectivity index (χ3n) is 3.62. The van der Waals surface area contributed by atoms with Crippen LogP contribution in [0.4, 0.5) is 24.5 Å². The van der Waals surface area contributed by atoms with Gasteiger partial charge in [0.25, 0.3) is 0 Å². The fraction of sp³-hybridized carbons (Fsp3) is 0.235. The van der Waals surface area contributed by atoms with Crippen molar-refractivity contribution in [2.24, 2.45) is 0 Å². The lowest BCUT2D eigenvalue weighted by Crippen LogP contribution is -2.17. The van der Waals surface area contributed by atoms with Gasteiger partial charge in [-0.2, -0.15) is 13.2 Å². The van der Waals surface area contributed by atoms with E-state index < -0.39 is 17.6 Å². The Morgan fingerprint density at radius 2 is 1.88 bits per heavy atom. The van der Waals surface area contributed by atoms with Gasteiger partial charge in [-0.1, -0.05) is 11.6 Å². The molecule has 2 N–H and O–H groups in total. The fourth-order valence-electron chi connectivity index (χ4n) is 2.34. The lowest BCUT2D eigenvalue weighted by molar-refractivity contribution is -0.137. The number of amides is 1. The van der Waals surface area contributed by atoms with Crippen LogP contribution in [0.2, 0.25) is 5.02 Å². The minimum atomic E-state index is -4.51. The van der Waals surface area contributed by atoms with Gasteiger partial charge in [0.15, 0.2) is 11.5 Å². The lowest BCUT2D eigenvalue weighted by Gasteiger charge is -2.12. The van der Waals surface area contributed by atoms with Crippen molar-refractivity contribution in [3.8, 4) is 11.5 Å². The first-order chi connectivity index (χ1) is 12.3. The molecule has 0 saturated carbocycles. The summed E-state index contributed by atoms with van der Waals surface area (Å²) in [6.07, 6.45) is -4.47. The van der Waals surface area contributed by atoms with Gasteiger partial charge in [0.1, 0.15) is 0 Å². The molecule has 0 atom stereocenters. The topological polar surface area (TPSA) is 59.6 Å². The number of rotatable bonds is 5. The number of carbonyl (C=O) groups excluding carboxylic acids is 1. The van der Waals surface area contributed by atoms with Crippen molar-refractivity contribution in [1.29, 1.82) is 0 Å². The van der Waals surface area contributed by atoms with Crippen LogP contribution < -0.4 is 20.1 Å². The van der Waals surface area contributed by atoms with E-state index in [1.54, 1.807) is 18.2 Å². The highest BCUT2D eigenvalue weighted by molar-refractivity contribution is 6.33. The minimum Gasteiger partial charge on any atom is -0.454 e. The zero-order valence-electron chi connectivity index (χ0n) is 13.3. The number of hydrogen-bond acceptors (Lipinski definition) is 4. The molecule has 0 spiro atoms. The van der Waals surface area contributed by atoms with Crippen molar-refractivity contribution < 1.29 is 27.4 Å². The molecule has 0 aliphatic carbocycles. The SMILES string of the molecule is O=C(CCNc1ccc2c(c1)OCO2)Nc1cc(C(F)(F)F)ccc1Cl. The van der Waals surface area contributed by atoms with Crippen molar-refractivity contribution in [3.63, 3.8) is 0 Å². The van der Waals surface area contributed by atoms with Gasteiger partial charge in [-0.25, -0.2) is 0 Å². The maximum atomic E-state index is 12.7. The normalized spacial score (nSPS) is 12.8. The minimum absolute atomic E-state index is 0.0371. The van der Waals surface area contributed by atoms with E-state index in [2.05, 4.69) is 10.6 Å². The maximum Gasteiger partial charge on any atom is 0.416 e. The van der Waals surface area contributed by atoms with Crippen molar-refractivity contribution in [3.05, 3.63) is 47.0 Å². The van der Waals surface area contributed by atoms with E-state index in [4.69, 9.17) is 21.1 Å². The van der Waals surface area contributed by atoms with E-state index in [0.717, 1.165) is 23.9 Å². The van der Waals surface area contributed by atoms with E-state index in [9.17, 15) is 18.0 Å². The van der Waals surface area contributed by atoms with E-state index in [0.29, 0.717) is 11.5 Å². The number of benzene rings is 2. The molecule has 1 heterocycles. The van der Waals surface area contributed by atoms with Gasteiger partial charge < -0.3 is 20.1 Å². The van der Waals surface area contributed by atoms with Crippen LogP contribution in [0.3, 0.4) is 0 Å². The van der Waals surface area contributed by atoms with E-state index in [1.165, 1.54) is 0 Å².